The Morgan fingerprint density at radius 2 is 1.97 bits per heavy atom. The number of carbonyl (C=O) groups is 2. The normalized spacial score (nSPS) is 15.1. The number of hydrogen-bond acceptors (Lipinski definition) is 3. The average molecular weight is 429 g/mol. The quantitative estimate of drug-likeness (QED) is 0.603. The molecule has 1 atom stereocenters. The topological polar surface area (TPSA) is 76.0 Å². The Kier molecular flexibility index (Phi) is 5.30. The largest absolute Gasteiger partial charge is 0.325 e. The average Bonchev–Trinajstić information content (AvgIpc) is 3.21. The molecule has 0 aliphatic carbocycles. The summed E-state index contributed by atoms with van der Waals surface area (Å²) in [5, 5.41) is 11.1. The molecule has 2 heterocycles. The zero-order chi connectivity index (χ0) is 20.5. The third kappa shape index (κ3) is 3.73. The first-order chi connectivity index (χ1) is 14.0. The lowest BCUT2D eigenvalue weighted by molar-refractivity contribution is -0.123. The van der Waals surface area contributed by atoms with Crippen LogP contribution in [0.1, 0.15) is 25.1 Å². The number of carbonyl (C=O) groups excluding carboxylic acids is 2. The van der Waals surface area contributed by atoms with Gasteiger partial charge in [-0.2, -0.15) is 5.10 Å². The third-order valence-electron chi connectivity index (χ3n) is 4.80. The molecule has 1 aromatic heterocycles. The number of benzene rings is 2. The molecule has 29 heavy (non-hydrogen) atoms. The molecule has 0 saturated carbocycles. The number of anilines is 2. The van der Waals surface area contributed by atoms with Gasteiger partial charge in [-0.1, -0.05) is 60.5 Å². The van der Waals surface area contributed by atoms with E-state index < -0.39 is 6.04 Å². The molecule has 6 nitrogen and oxygen atoms in total. The van der Waals surface area contributed by atoms with Crippen LogP contribution in [-0.2, 0) is 16.0 Å². The molecular weight excluding hydrogens is 411 g/mol. The molecule has 0 saturated heterocycles. The Balaban J connectivity index is 1.61. The molecule has 1 unspecified atom stereocenters. The van der Waals surface area contributed by atoms with Gasteiger partial charge >= 0.3 is 0 Å². The fourth-order valence-electron chi connectivity index (χ4n) is 3.44. The molecule has 2 N–H and O–H groups in total. The number of fused-ring (bicyclic) bond motifs is 1. The molecule has 0 fully saturated rings. The molecule has 2 aromatic carbocycles. The maximum atomic E-state index is 12.6. The summed E-state index contributed by atoms with van der Waals surface area (Å²) >= 11 is 12.1. The Bertz CT molecular complexity index is 1100. The summed E-state index contributed by atoms with van der Waals surface area (Å²) < 4.78 is 1.61. The molecule has 2 amide bonds. The van der Waals surface area contributed by atoms with Crippen LogP contribution in [0.4, 0.5) is 11.5 Å². The smallest absolute Gasteiger partial charge is 0.251 e. The highest BCUT2D eigenvalue weighted by Gasteiger charge is 2.36. The van der Waals surface area contributed by atoms with Gasteiger partial charge in [0.25, 0.3) is 5.91 Å². The van der Waals surface area contributed by atoms with E-state index >= 15 is 0 Å². The summed E-state index contributed by atoms with van der Waals surface area (Å²) in [4.78, 5) is 25.2. The van der Waals surface area contributed by atoms with Crippen molar-refractivity contribution in [1.82, 2.24) is 9.78 Å². The van der Waals surface area contributed by atoms with E-state index in [1.54, 1.807) is 22.9 Å². The van der Waals surface area contributed by atoms with Crippen molar-refractivity contribution in [2.24, 2.45) is 0 Å². The van der Waals surface area contributed by atoms with Crippen molar-refractivity contribution in [3.63, 3.8) is 0 Å². The Hall–Kier alpha value is -2.83. The fourth-order valence-corrected chi connectivity index (χ4v) is 3.78. The van der Waals surface area contributed by atoms with E-state index in [1.807, 2.05) is 37.3 Å². The van der Waals surface area contributed by atoms with Crippen LogP contribution in [0.5, 0.6) is 0 Å². The van der Waals surface area contributed by atoms with Gasteiger partial charge in [-0.3, -0.25) is 9.59 Å². The number of aryl methyl sites for hydroxylation is 1. The number of rotatable bonds is 5. The van der Waals surface area contributed by atoms with Gasteiger partial charge in [-0.15, -0.1) is 0 Å². The first-order valence-corrected chi connectivity index (χ1v) is 9.96. The molecule has 0 spiro atoms. The van der Waals surface area contributed by atoms with Gasteiger partial charge in [0.15, 0.2) is 0 Å². The zero-order valence-electron chi connectivity index (χ0n) is 15.6. The van der Waals surface area contributed by atoms with E-state index in [4.69, 9.17) is 23.2 Å². The summed E-state index contributed by atoms with van der Waals surface area (Å²) in [6.45, 7) is 2.01. The van der Waals surface area contributed by atoms with Crippen LogP contribution in [0.3, 0.4) is 0 Å². The standard InChI is InChI=1S/C21H18Cl2N4O2/c1-2-15-19(12-6-4-3-5-7-12)20-25-21(29)17(27(20)26-15)11-18(28)24-16-10-13(22)8-9-14(16)23/h3-10,17H,2,11H2,1H3,(H,24,28)(H,25,29). The van der Waals surface area contributed by atoms with Crippen molar-refractivity contribution in [3.05, 3.63) is 64.3 Å². The minimum absolute atomic E-state index is 0.0687. The van der Waals surface area contributed by atoms with E-state index in [-0.39, 0.29) is 18.2 Å². The van der Waals surface area contributed by atoms with Crippen LogP contribution in [0, 0.1) is 0 Å². The van der Waals surface area contributed by atoms with Crippen molar-refractivity contribution in [3.8, 4) is 11.1 Å². The lowest BCUT2D eigenvalue weighted by Crippen LogP contribution is -2.24. The molecule has 0 bridgehead atoms. The molecule has 8 heteroatoms. The maximum absolute atomic E-state index is 12.6. The summed E-state index contributed by atoms with van der Waals surface area (Å²) in [5.41, 5.74) is 3.14. The lowest BCUT2D eigenvalue weighted by atomic mass is 10.0. The number of amides is 2. The van der Waals surface area contributed by atoms with Gasteiger partial charge in [-0.25, -0.2) is 4.68 Å². The number of nitrogens with one attached hydrogen (secondary N) is 2. The van der Waals surface area contributed by atoms with Gasteiger partial charge in [0, 0.05) is 10.6 Å². The highest BCUT2D eigenvalue weighted by Crippen LogP contribution is 2.38. The summed E-state index contributed by atoms with van der Waals surface area (Å²) in [5.74, 6) is 0.00768. The van der Waals surface area contributed by atoms with Crippen LogP contribution < -0.4 is 10.6 Å². The van der Waals surface area contributed by atoms with Crippen LogP contribution in [0.2, 0.25) is 10.0 Å². The Morgan fingerprint density at radius 1 is 1.21 bits per heavy atom. The van der Waals surface area contributed by atoms with Crippen LogP contribution in [0.25, 0.3) is 11.1 Å². The Morgan fingerprint density at radius 3 is 2.69 bits per heavy atom. The molecule has 148 valence electrons. The van der Waals surface area contributed by atoms with Crippen LogP contribution >= 0.6 is 23.2 Å². The number of nitrogens with zero attached hydrogens (tertiary/aromatic N) is 2. The second-order valence-corrected chi connectivity index (χ2v) is 7.56. The van der Waals surface area contributed by atoms with Gasteiger partial charge in [0.05, 0.1) is 22.8 Å². The second-order valence-electron chi connectivity index (χ2n) is 6.72. The fraction of sp³-hybridized carbons (Fsp3) is 0.190. The minimum Gasteiger partial charge on any atom is -0.325 e. The molecule has 3 aromatic rings. The monoisotopic (exact) mass is 428 g/mol. The molecule has 1 aliphatic heterocycles. The van der Waals surface area contributed by atoms with Crippen molar-refractivity contribution in [1.29, 1.82) is 0 Å². The first-order valence-electron chi connectivity index (χ1n) is 9.20. The number of halogens is 2. The molecule has 0 radical (unpaired) electrons. The predicted octanol–water partition coefficient (Wildman–Crippen LogP) is 4.94. The van der Waals surface area contributed by atoms with E-state index in [2.05, 4.69) is 15.7 Å². The number of aromatic nitrogens is 2. The van der Waals surface area contributed by atoms with Gasteiger partial charge in [0.2, 0.25) is 5.91 Å². The maximum Gasteiger partial charge on any atom is 0.251 e. The highest BCUT2D eigenvalue weighted by molar-refractivity contribution is 6.35. The predicted molar refractivity (Wildman–Crippen MR) is 114 cm³/mol. The highest BCUT2D eigenvalue weighted by atomic mass is 35.5. The van der Waals surface area contributed by atoms with Gasteiger partial charge in [-0.05, 0) is 30.2 Å². The first kappa shape index (κ1) is 19.5. The SMILES string of the molecule is CCc1nn2c(c1-c1ccccc1)NC(=O)C2CC(=O)Nc1cc(Cl)ccc1Cl. The van der Waals surface area contributed by atoms with Crippen molar-refractivity contribution in [2.45, 2.75) is 25.8 Å². The van der Waals surface area contributed by atoms with E-state index in [0.717, 1.165) is 16.8 Å². The second kappa shape index (κ2) is 7.89. The van der Waals surface area contributed by atoms with Crippen molar-refractivity contribution in [2.75, 3.05) is 10.6 Å². The van der Waals surface area contributed by atoms with Crippen LogP contribution in [0.15, 0.2) is 48.5 Å². The lowest BCUT2D eigenvalue weighted by Gasteiger charge is -2.11. The molecule has 1 aliphatic rings. The van der Waals surface area contributed by atoms with Crippen molar-refractivity contribution < 1.29 is 9.59 Å². The summed E-state index contributed by atoms with van der Waals surface area (Å²) in [6.07, 6.45) is 0.637. The molecular formula is C21H18Cl2N4O2. The van der Waals surface area contributed by atoms with E-state index in [1.165, 1.54) is 0 Å². The Labute approximate surface area is 177 Å². The van der Waals surface area contributed by atoms with Gasteiger partial charge < -0.3 is 10.6 Å². The van der Waals surface area contributed by atoms with Crippen LogP contribution in [-0.4, -0.2) is 21.6 Å². The zero-order valence-corrected chi connectivity index (χ0v) is 17.1. The molecule has 4 rings (SSSR count). The van der Waals surface area contributed by atoms with E-state index in [9.17, 15) is 9.59 Å². The van der Waals surface area contributed by atoms with E-state index in [0.29, 0.717) is 28.0 Å². The number of hydrogen-bond donors (Lipinski definition) is 2. The summed E-state index contributed by atoms with van der Waals surface area (Å²) in [6, 6.07) is 13.8. The minimum atomic E-state index is -0.731. The third-order valence-corrected chi connectivity index (χ3v) is 5.37. The van der Waals surface area contributed by atoms with Crippen molar-refractivity contribution >= 4 is 46.5 Å². The van der Waals surface area contributed by atoms with Gasteiger partial charge in [0.1, 0.15) is 11.9 Å². The summed E-state index contributed by atoms with van der Waals surface area (Å²) in [7, 11) is 0.